The van der Waals surface area contributed by atoms with Gasteiger partial charge in [-0.3, -0.25) is 4.79 Å². The molecule has 1 aromatic rings. The highest BCUT2D eigenvalue weighted by Crippen LogP contribution is 2.30. The minimum absolute atomic E-state index is 0.0171. The predicted octanol–water partition coefficient (Wildman–Crippen LogP) is 2.04. The molecular formula is C15H22N4O. The van der Waals surface area contributed by atoms with E-state index in [2.05, 4.69) is 29.0 Å². The van der Waals surface area contributed by atoms with Gasteiger partial charge in [-0.15, -0.1) is 0 Å². The van der Waals surface area contributed by atoms with Gasteiger partial charge in [-0.05, 0) is 25.8 Å². The Bertz CT molecular complexity index is 551. The summed E-state index contributed by atoms with van der Waals surface area (Å²) in [6.07, 6.45) is 1.68. The molecule has 1 atom stereocenters. The first kappa shape index (κ1) is 14.4. The van der Waals surface area contributed by atoms with E-state index in [0.717, 1.165) is 17.0 Å². The Morgan fingerprint density at radius 2 is 2.10 bits per heavy atom. The Hall–Kier alpha value is -2.04. The third-order valence-corrected chi connectivity index (χ3v) is 3.77. The van der Waals surface area contributed by atoms with Crippen LogP contribution in [0.5, 0.6) is 0 Å². The molecule has 3 N–H and O–H groups in total. The maximum atomic E-state index is 11.9. The summed E-state index contributed by atoms with van der Waals surface area (Å²) in [6.45, 7) is 8.58. The summed E-state index contributed by atoms with van der Waals surface area (Å²) in [5, 5.41) is 2.97. The van der Waals surface area contributed by atoms with Crippen molar-refractivity contribution < 1.29 is 4.79 Å². The lowest BCUT2D eigenvalue weighted by molar-refractivity contribution is -0.122. The van der Waals surface area contributed by atoms with Crippen molar-refractivity contribution >= 4 is 11.7 Å². The van der Waals surface area contributed by atoms with Crippen LogP contribution in [0.2, 0.25) is 0 Å². The van der Waals surface area contributed by atoms with E-state index in [1.807, 2.05) is 26.0 Å². The van der Waals surface area contributed by atoms with Crippen LogP contribution in [0.4, 0.5) is 5.82 Å². The lowest BCUT2D eigenvalue weighted by Crippen LogP contribution is -2.45. The number of nitrogens with two attached hydrogens (primary N) is 1. The number of hydrogen-bond acceptors (Lipinski definition) is 4. The number of aromatic nitrogens is 1. The zero-order valence-electron chi connectivity index (χ0n) is 12.5. The predicted molar refractivity (Wildman–Crippen MR) is 79.5 cm³/mol. The highest BCUT2D eigenvalue weighted by atomic mass is 16.2. The molecule has 0 aromatic carbocycles. The van der Waals surface area contributed by atoms with Gasteiger partial charge < -0.3 is 16.0 Å². The number of pyridine rings is 1. The Labute approximate surface area is 119 Å². The molecule has 0 spiro atoms. The molecule has 2 rings (SSSR count). The first-order valence-electron chi connectivity index (χ1n) is 6.89. The number of anilines is 1. The second-order valence-electron chi connectivity index (χ2n) is 5.48. The summed E-state index contributed by atoms with van der Waals surface area (Å²) in [4.78, 5) is 18.1. The van der Waals surface area contributed by atoms with Gasteiger partial charge in [-0.1, -0.05) is 19.9 Å². The molecule has 1 amide bonds. The number of allylic oxidation sites excluding steroid dienone is 2. The van der Waals surface area contributed by atoms with Gasteiger partial charge in [-0.25, -0.2) is 4.98 Å². The monoisotopic (exact) mass is 274 g/mol. The van der Waals surface area contributed by atoms with Gasteiger partial charge in [0.15, 0.2) is 0 Å². The number of carbonyl (C=O) groups excluding carboxylic acids is 1. The third kappa shape index (κ3) is 2.61. The molecule has 0 radical (unpaired) electrons. The van der Waals surface area contributed by atoms with E-state index < -0.39 is 0 Å². The minimum Gasteiger partial charge on any atom is -0.383 e. The van der Waals surface area contributed by atoms with E-state index in [4.69, 9.17) is 5.73 Å². The molecule has 0 saturated heterocycles. The van der Waals surface area contributed by atoms with E-state index in [1.165, 1.54) is 0 Å². The van der Waals surface area contributed by atoms with Crippen molar-refractivity contribution in [3.63, 3.8) is 0 Å². The van der Waals surface area contributed by atoms with Gasteiger partial charge >= 0.3 is 0 Å². The standard InChI is InChI=1S/C15H22N4O/c1-9(2)14-11(4)19(8-13(20)18-14)10(3)12-6-5-7-17-15(12)16/h5-7,9-10H,8H2,1-4H3,(H2,16,17)(H,18,20). The van der Waals surface area contributed by atoms with Gasteiger partial charge in [0.05, 0.1) is 12.6 Å². The molecular weight excluding hydrogens is 252 g/mol. The average molecular weight is 274 g/mol. The highest BCUT2D eigenvalue weighted by molar-refractivity contribution is 5.81. The molecule has 0 saturated carbocycles. The molecule has 20 heavy (non-hydrogen) atoms. The molecule has 1 aliphatic rings. The topological polar surface area (TPSA) is 71.2 Å². The van der Waals surface area contributed by atoms with Crippen molar-refractivity contribution in [3.8, 4) is 0 Å². The fourth-order valence-electron chi connectivity index (χ4n) is 2.65. The van der Waals surface area contributed by atoms with E-state index in [-0.39, 0.29) is 17.9 Å². The van der Waals surface area contributed by atoms with Crippen molar-refractivity contribution in [2.24, 2.45) is 5.92 Å². The summed E-state index contributed by atoms with van der Waals surface area (Å²) in [7, 11) is 0. The number of nitrogen functional groups attached to an aromatic ring is 1. The summed E-state index contributed by atoms with van der Waals surface area (Å²) in [5.41, 5.74) is 8.97. The molecule has 5 heteroatoms. The van der Waals surface area contributed by atoms with Gasteiger partial charge in [-0.2, -0.15) is 0 Å². The molecule has 1 unspecified atom stereocenters. The summed E-state index contributed by atoms with van der Waals surface area (Å²) >= 11 is 0. The summed E-state index contributed by atoms with van der Waals surface area (Å²) in [5.74, 6) is 0.818. The Kier molecular flexibility index (Phi) is 3.97. The van der Waals surface area contributed by atoms with E-state index in [0.29, 0.717) is 12.4 Å². The molecule has 108 valence electrons. The number of carbonyl (C=O) groups is 1. The van der Waals surface area contributed by atoms with Crippen LogP contribution in [0.25, 0.3) is 0 Å². The SMILES string of the molecule is CC1=C(C(C)C)NC(=O)CN1C(C)c1cccnc1N. The number of hydrogen-bond donors (Lipinski definition) is 2. The van der Waals surface area contributed by atoms with Gasteiger partial charge in [0.1, 0.15) is 5.82 Å². The molecule has 2 heterocycles. The second kappa shape index (κ2) is 5.53. The number of rotatable bonds is 3. The number of nitrogens with one attached hydrogen (secondary N) is 1. The zero-order valence-corrected chi connectivity index (χ0v) is 12.5. The largest absolute Gasteiger partial charge is 0.383 e. The first-order valence-corrected chi connectivity index (χ1v) is 6.89. The fourth-order valence-corrected chi connectivity index (χ4v) is 2.65. The van der Waals surface area contributed by atoms with Crippen LogP contribution in [0, 0.1) is 5.92 Å². The maximum Gasteiger partial charge on any atom is 0.243 e. The third-order valence-electron chi connectivity index (χ3n) is 3.77. The Morgan fingerprint density at radius 3 is 2.70 bits per heavy atom. The molecule has 0 bridgehead atoms. The zero-order chi connectivity index (χ0) is 14.9. The Balaban J connectivity index is 2.38. The van der Waals surface area contributed by atoms with Crippen LogP contribution >= 0.6 is 0 Å². The lowest BCUT2D eigenvalue weighted by Gasteiger charge is -2.37. The maximum absolute atomic E-state index is 11.9. The first-order chi connectivity index (χ1) is 9.41. The van der Waals surface area contributed by atoms with Crippen LogP contribution in [0.15, 0.2) is 29.7 Å². The van der Waals surface area contributed by atoms with Crippen LogP contribution in [-0.4, -0.2) is 22.3 Å². The van der Waals surface area contributed by atoms with E-state index >= 15 is 0 Å². The van der Waals surface area contributed by atoms with E-state index in [9.17, 15) is 4.79 Å². The molecule has 0 aliphatic carbocycles. The van der Waals surface area contributed by atoms with Gasteiger partial charge in [0.25, 0.3) is 0 Å². The Morgan fingerprint density at radius 1 is 1.40 bits per heavy atom. The van der Waals surface area contributed by atoms with Crippen molar-refractivity contribution in [2.75, 3.05) is 12.3 Å². The highest BCUT2D eigenvalue weighted by Gasteiger charge is 2.28. The van der Waals surface area contributed by atoms with Crippen molar-refractivity contribution in [1.82, 2.24) is 15.2 Å². The van der Waals surface area contributed by atoms with Gasteiger partial charge in [0.2, 0.25) is 5.91 Å². The van der Waals surface area contributed by atoms with Crippen molar-refractivity contribution in [3.05, 3.63) is 35.3 Å². The summed E-state index contributed by atoms with van der Waals surface area (Å²) in [6, 6.07) is 3.85. The number of nitrogens with zero attached hydrogens (tertiary/aromatic N) is 2. The molecule has 1 aromatic heterocycles. The van der Waals surface area contributed by atoms with Crippen LogP contribution in [0.3, 0.4) is 0 Å². The van der Waals surface area contributed by atoms with Crippen LogP contribution < -0.4 is 11.1 Å². The molecule has 0 fully saturated rings. The van der Waals surface area contributed by atoms with Crippen molar-refractivity contribution in [1.29, 1.82) is 0 Å². The molecule has 5 nitrogen and oxygen atoms in total. The molecule has 1 aliphatic heterocycles. The smallest absolute Gasteiger partial charge is 0.243 e. The minimum atomic E-state index is 0.0171. The van der Waals surface area contributed by atoms with Crippen LogP contribution in [0.1, 0.15) is 39.3 Å². The second-order valence-corrected chi connectivity index (χ2v) is 5.48. The van der Waals surface area contributed by atoms with Crippen LogP contribution in [-0.2, 0) is 4.79 Å². The normalized spacial score (nSPS) is 17.4. The van der Waals surface area contributed by atoms with E-state index in [1.54, 1.807) is 6.20 Å². The van der Waals surface area contributed by atoms with Crippen molar-refractivity contribution in [2.45, 2.75) is 33.7 Å². The quantitative estimate of drug-likeness (QED) is 0.885. The fraction of sp³-hybridized carbons (Fsp3) is 0.467. The van der Waals surface area contributed by atoms with Gasteiger partial charge in [0, 0.05) is 23.2 Å². The lowest BCUT2D eigenvalue weighted by atomic mass is 10.0. The summed E-state index contributed by atoms with van der Waals surface area (Å²) < 4.78 is 0. The number of amides is 1. The average Bonchev–Trinajstić information content (AvgIpc) is 2.40.